The normalized spacial score (nSPS) is 13.5. The molecule has 0 saturated carbocycles. The quantitative estimate of drug-likeness (QED) is 0.497. The van der Waals surface area contributed by atoms with E-state index in [1.807, 2.05) is 30.0 Å². The number of pyridine rings is 1. The Bertz CT molecular complexity index is 1080. The molecule has 9 nitrogen and oxygen atoms in total. The number of aliphatic carboxylic acids is 2. The number of aromatic nitrogens is 4. The molecular weight excluding hydrogens is 508 g/mol. The molecule has 0 spiro atoms. The minimum absolute atomic E-state index is 0.875. The van der Waals surface area contributed by atoms with Crippen molar-refractivity contribution in [2.24, 2.45) is 0 Å². The number of hydrogen-bond acceptors (Lipinski definition) is 7. The third-order valence-corrected chi connectivity index (χ3v) is 4.99. The van der Waals surface area contributed by atoms with Gasteiger partial charge in [0, 0.05) is 42.6 Å². The Hall–Kier alpha value is -3.53. The Morgan fingerprint density at radius 2 is 1.60 bits per heavy atom. The summed E-state index contributed by atoms with van der Waals surface area (Å²) in [6.45, 7) is 3.77. The van der Waals surface area contributed by atoms with Gasteiger partial charge >= 0.3 is 24.3 Å². The van der Waals surface area contributed by atoms with Crippen LogP contribution in [-0.2, 0) is 29.2 Å². The van der Waals surface area contributed by atoms with Gasteiger partial charge in [0.2, 0.25) is 0 Å². The monoisotopic (exact) mass is 525 g/mol. The molecule has 4 rings (SSSR count). The van der Waals surface area contributed by atoms with Crippen LogP contribution in [0.2, 0.25) is 0 Å². The number of carbonyl (C=O) groups is 2. The topological polar surface area (TPSA) is 121 Å². The number of carboxylic acids is 2. The SMILES string of the molecule is O=C(O)C(F)(F)F.O=C(O)C(F)(F)F.c1cncc(-c2cnc3n2CCN(Cc2nccs2)C3)c1. The molecule has 1 aliphatic rings. The first kappa shape index (κ1) is 27.7. The van der Waals surface area contributed by atoms with E-state index < -0.39 is 24.3 Å². The maximum Gasteiger partial charge on any atom is 0.490 e. The molecule has 3 aromatic heterocycles. The minimum atomic E-state index is -5.08. The first-order valence-electron chi connectivity index (χ1n) is 9.44. The summed E-state index contributed by atoms with van der Waals surface area (Å²) in [4.78, 5) is 33.3. The second-order valence-corrected chi connectivity index (χ2v) is 7.67. The van der Waals surface area contributed by atoms with Crippen LogP contribution < -0.4 is 0 Å². The highest BCUT2D eigenvalue weighted by molar-refractivity contribution is 7.09. The maximum absolute atomic E-state index is 10.6. The van der Waals surface area contributed by atoms with Crippen LogP contribution in [0.5, 0.6) is 0 Å². The summed E-state index contributed by atoms with van der Waals surface area (Å²) < 4.78 is 65.8. The molecule has 0 amide bonds. The Kier molecular flexibility index (Phi) is 9.30. The van der Waals surface area contributed by atoms with Crippen molar-refractivity contribution >= 4 is 23.3 Å². The van der Waals surface area contributed by atoms with Gasteiger partial charge in [-0.25, -0.2) is 19.6 Å². The third-order valence-electron chi connectivity index (χ3n) is 4.23. The number of nitrogens with zero attached hydrogens (tertiary/aromatic N) is 5. The van der Waals surface area contributed by atoms with Crippen LogP contribution in [0.4, 0.5) is 26.3 Å². The van der Waals surface area contributed by atoms with E-state index >= 15 is 0 Å². The molecule has 0 saturated heterocycles. The molecule has 4 heterocycles. The molecule has 0 aliphatic carbocycles. The second kappa shape index (κ2) is 11.7. The zero-order valence-corrected chi connectivity index (χ0v) is 18.3. The van der Waals surface area contributed by atoms with E-state index in [-0.39, 0.29) is 0 Å². The van der Waals surface area contributed by atoms with E-state index in [9.17, 15) is 26.3 Å². The van der Waals surface area contributed by atoms with E-state index in [2.05, 4.69) is 30.5 Å². The Morgan fingerprint density at radius 3 is 2.09 bits per heavy atom. The van der Waals surface area contributed by atoms with Crippen LogP contribution in [-0.4, -0.2) is 65.5 Å². The van der Waals surface area contributed by atoms with E-state index in [4.69, 9.17) is 19.8 Å². The fraction of sp³-hybridized carbons (Fsp3) is 0.316. The van der Waals surface area contributed by atoms with Crippen LogP contribution >= 0.6 is 11.3 Å². The van der Waals surface area contributed by atoms with Crippen LogP contribution in [0.1, 0.15) is 10.8 Å². The lowest BCUT2D eigenvalue weighted by Gasteiger charge is -2.27. The van der Waals surface area contributed by atoms with Gasteiger partial charge in [-0.3, -0.25) is 9.88 Å². The van der Waals surface area contributed by atoms with Gasteiger partial charge in [-0.05, 0) is 12.1 Å². The Labute approximate surface area is 197 Å². The molecule has 35 heavy (non-hydrogen) atoms. The first-order valence-corrected chi connectivity index (χ1v) is 10.3. The average Bonchev–Trinajstić information content (AvgIpc) is 3.43. The molecule has 0 bridgehead atoms. The zero-order valence-electron chi connectivity index (χ0n) is 17.5. The summed E-state index contributed by atoms with van der Waals surface area (Å²) in [6.07, 6.45) is -2.65. The Balaban J connectivity index is 0.000000257. The number of fused-ring (bicyclic) bond motifs is 1. The van der Waals surface area contributed by atoms with Gasteiger partial charge in [0.1, 0.15) is 10.8 Å². The van der Waals surface area contributed by atoms with Crippen molar-refractivity contribution in [2.45, 2.75) is 32.0 Å². The van der Waals surface area contributed by atoms with Crippen molar-refractivity contribution in [1.29, 1.82) is 0 Å². The van der Waals surface area contributed by atoms with Gasteiger partial charge in [0.15, 0.2) is 0 Å². The third kappa shape index (κ3) is 8.64. The van der Waals surface area contributed by atoms with Crippen molar-refractivity contribution in [3.63, 3.8) is 0 Å². The predicted molar refractivity (Wildman–Crippen MR) is 109 cm³/mol. The molecule has 16 heteroatoms. The number of alkyl halides is 6. The number of carboxylic acid groups (broad SMARTS) is 2. The molecule has 3 aromatic rings. The zero-order chi connectivity index (χ0) is 26.2. The van der Waals surface area contributed by atoms with Gasteiger partial charge in [0.25, 0.3) is 0 Å². The standard InChI is InChI=1S/C15H15N5S.2C2HF3O2/c1-2-12(8-16-3-1)13-9-18-14-10-19(5-6-20(13)14)11-15-17-4-7-21-15;2*3-2(4,5)1(6)7/h1-4,7-9H,5-6,10-11H2;2*(H,6,7). The molecule has 0 aromatic carbocycles. The fourth-order valence-electron chi connectivity index (χ4n) is 2.71. The molecule has 0 unspecified atom stereocenters. The number of rotatable bonds is 3. The first-order chi connectivity index (χ1) is 16.3. The number of halogens is 6. The highest BCUT2D eigenvalue weighted by Crippen LogP contribution is 2.24. The smallest absolute Gasteiger partial charge is 0.475 e. The van der Waals surface area contributed by atoms with E-state index in [0.717, 1.165) is 43.3 Å². The van der Waals surface area contributed by atoms with E-state index in [0.29, 0.717) is 0 Å². The van der Waals surface area contributed by atoms with Gasteiger partial charge in [0.05, 0.1) is 25.0 Å². The lowest BCUT2D eigenvalue weighted by molar-refractivity contribution is -0.193. The van der Waals surface area contributed by atoms with Crippen LogP contribution in [0.3, 0.4) is 0 Å². The lowest BCUT2D eigenvalue weighted by Crippen LogP contribution is -2.33. The van der Waals surface area contributed by atoms with Gasteiger partial charge in [-0.1, -0.05) is 0 Å². The fourth-order valence-corrected chi connectivity index (χ4v) is 3.37. The molecule has 0 fully saturated rings. The molecular formula is C19H17F6N5O4S. The minimum Gasteiger partial charge on any atom is -0.475 e. The molecule has 2 N–H and O–H groups in total. The van der Waals surface area contributed by atoms with Crippen LogP contribution in [0.25, 0.3) is 11.3 Å². The number of thiazole rings is 1. The summed E-state index contributed by atoms with van der Waals surface area (Å²) in [5, 5.41) is 17.4. The number of imidazole rings is 1. The molecule has 1 aliphatic heterocycles. The summed E-state index contributed by atoms with van der Waals surface area (Å²) in [7, 11) is 0. The highest BCUT2D eigenvalue weighted by atomic mass is 32.1. The van der Waals surface area contributed by atoms with Crippen molar-refractivity contribution in [2.75, 3.05) is 6.54 Å². The van der Waals surface area contributed by atoms with Gasteiger partial charge < -0.3 is 14.8 Å². The van der Waals surface area contributed by atoms with E-state index in [1.165, 1.54) is 5.01 Å². The van der Waals surface area contributed by atoms with Gasteiger partial charge in [-0.15, -0.1) is 11.3 Å². The second-order valence-electron chi connectivity index (χ2n) is 6.70. The molecule has 0 radical (unpaired) electrons. The summed E-state index contributed by atoms with van der Waals surface area (Å²) in [5.74, 6) is -4.39. The van der Waals surface area contributed by atoms with Crippen molar-refractivity contribution in [1.82, 2.24) is 24.4 Å². The summed E-state index contributed by atoms with van der Waals surface area (Å²) in [5.41, 5.74) is 2.29. The lowest BCUT2D eigenvalue weighted by atomic mass is 10.2. The van der Waals surface area contributed by atoms with E-state index in [1.54, 1.807) is 17.5 Å². The average molecular weight is 525 g/mol. The van der Waals surface area contributed by atoms with Crippen LogP contribution in [0, 0.1) is 0 Å². The molecule has 190 valence electrons. The summed E-state index contributed by atoms with van der Waals surface area (Å²) in [6, 6.07) is 4.05. The van der Waals surface area contributed by atoms with Crippen molar-refractivity contribution < 1.29 is 46.1 Å². The maximum atomic E-state index is 10.6. The molecule has 0 atom stereocenters. The largest absolute Gasteiger partial charge is 0.490 e. The van der Waals surface area contributed by atoms with Gasteiger partial charge in [-0.2, -0.15) is 26.3 Å². The summed E-state index contributed by atoms with van der Waals surface area (Å²) >= 11 is 1.71. The number of hydrogen-bond donors (Lipinski definition) is 2. The van der Waals surface area contributed by atoms with Crippen molar-refractivity contribution in [3.8, 4) is 11.3 Å². The highest BCUT2D eigenvalue weighted by Gasteiger charge is 2.38. The van der Waals surface area contributed by atoms with Crippen molar-refractivity contribution in [3.05, 3.63) is 53.1 Å². The Morgan fingerprint density at radius 1 is 0.971 bits per heavy atom. The van der Waals surface area contributed by atoms with Crippen LogP contribution in [0.15, 0.2) is 42.3 Å². The predicted octanol–water partition coefficient (Wildman–Crippen LogP) is 3.68.